The zero-order valence-corrected chi connectivity index (χ0v) is 21.5. The average Bonchev–Trinajstić information content (AvgIpc) is 2.85. The van der Waals surface area contributed by atoms with E-state index in [4.69, 9.17) is 18.9 Å². The summed E-state index contributed by atoms with van der Waals surface area (Å²) in [7, 11) is 8.36. The van der Waals surface area contributed by atoms with E-state index in [9.17, 15) is 10.4 Å². The maximum absolute atomic E-state index is 10.9. The fourth-order valence-electron chi connectivity index (χ4n) is 4.35. The number of likely N-dealkylation sites (N-methyl/N-ethyl adjacent to an activating group) is 1. The van der Waals surface area contributed by atoms with Gasteiger partial charge in [0, 0.05) is 12.1 Å². The Bertz CT molecular complexity index is 986. The van der Waals surface area contributed by atoms with Gasteiger partial charge in [0.1, 0.15) is 0 Å². The molecule has 0 fully saturated rings. The van der Waals surface area contributed by atoms with Crippen LogP contribution in [0.5, 0.6) is 28.7 Å². The van der Waals surface area contributed by atoms with E-state index in [2.05, 4.69) is 24.1 Å². The molecule has 1 N–H and O–H groups in total. The number of phenols is 1. The lowest BCUT2D eigenvalue weighted by atomic mass is 9.69. The molecule has 0 amide bonds. The Kier molecular flexibility index (Phi) is 9.88. The first kappa shape index (κ1) is 27.1. The highest BCUT2D eigenvalue weighted by Crippen LogP contribution is 2.47. The molecule has 0 aliphatic rings. The monoisotopic (exact) mass is 470 g/mol. The highest BCUT2D eigenvalue weighted by molar-refractivity contribution is 5.58. The van der Waals surface area contributed by atoms with E-state index in [1.165, 1.54) is 19.8 Å². The zero-order valence-electron chi connectivity index (χ0n) is 21.5. The number of nitrogens with zero attached hydrogens (tertiary/aromatic N) is 2. The molecule has 0 aromatic heterocycles. The van der Waals surface area contributed by atoms with E-state index in [0.29, 0.717) is 17.7 Å². The van der Waals surface area contributed by atoms with Crippen molar-refractivity contribution in [2.45, 2.75) is 38.5 Å². The summed E-state index contributed by atoms with van der Waals surface area (Å²) in [4.78, 5) is 2.26. The van der Waals surface area contributed by atoms with Crippen LogP contribution in [0.15, 0.2) is 30.3 Å². The Morgan fingerprint density at radius 1 is 0.941 bits per heavy atom. The van der Waals surface area contributed by atoms with E-state index in [0.717, 1.165) is 37.4 Å². The topological polar surface area (TPSA) is 84.2 Å². The second kappa shape index (κ2) is 12.4. The van der Waals surface area contributed by atoms with Gasteiger partial charge in [-0.25, -0.2) is 0 Å². The molecule has 0 aliphatic heterocycles. The van der Waals surface area contributed by atoms with E-state index in [1.54, 1.807) is 26.4 Å². The van der Waals surface area contributed by atoms with Crippen LogP contribution < -0.4 is 18.9 Å². The minimum Gasteiger partial charge on any atom is -0.504 e. The third-order valence-corrected chi connectivity index (χ3v) is 6.53. The molecule has 0 radical (unpaired) electrons. The van der Waals surface area contributed by atoms with Gasteiger partial charge < -0.3 is 29.0 Å². The van der Waals surface area contributed by atoms with Crippen molar-refractivity contribution < 1.29 is 24.1 Å². The molecule has 0 saturated heterocycles. The summed E-state index contributed by atoms with van der Waals surface area (Å²) in [5.41, 5.74) is 0.914. The average molecular weight is 471 g/mol. The van der Waals surface area contributed by atoms with E-state index in [-0.39, 0.29) is 17.4 Å². The van der Waals surface area contributed by atoms with E-state index in [1.807, 2.05) is 26.0 Å². The molecule has 2 aromatic rings. The molecule has 1 atom stereocenters. The number of rotatable bonds is 13. The largest absolute Gasteiger partial charge is 0.504 e. The van der Waals surface area contributed by atoms with Crippen molar-refractivity contribution in [3.8, 4) is 34.8 Å². The van der Waals surface area contributed by atoms with Crippen molar-refractivity contribution in [3.63, 3.8) is 0 Å². The molecule has 186 valence electrons. The van der Waals surface area contributed by atoms with Gasteiger partial charge in [-0.05, 0) is 68.6 Å². The summed E-state index contributed by atoms with van der Waals surface area (Å²) in [5.74, 6) is 2.12. The van der Waals surface area contributed by atoms with Gasteiger partial charge >= 0.3 is 0 Å². The number of phenolic OH excluding ortho intramolecular Hbond substituents is 1. The van der Waals surface area contributed by atoms with Gasteiger partial charge in [-0.3, -0.25) is 0 Å². The second-order valence-corrected chi connectivity index (χ2v) is 8.78. The fraction of sp³-hybridized carbons (Fsp3) is 0.519. The maximum Gasteiger partial charge on any atom is 0.203 e. The van der Waals surface area contributed by atoms with Crippen LogP contribution >= 0.6 is 0 Å². The van der Waals surface area contributed by atoms with Crippen molar-refractivity contribution >= 4 is 0 Å². The molecule has 1 unspecified atom stereocenters. The van der Waals surface area contributed by atoms with Gasteiger partial charge in [0.25, 0.3) is 0 Å². The lowest BCUT2D eigenvalue weighted by Crippen LogP contribution is -2.32. The Morgan fingerprint density at radius 2 is 1.59 bits per heavy atom. The summed E-state index contributed by atoms with van der Waals surface area (Å²) in [5, 5.41) is 21.2. The van der Waals surface area contributed by atoms with Gasteiger partial charge in [0.2, 0.25) is 5.75 Å². The molecule has 0 aliphatic carbocycles. The first-order chi connectivity index (χ1) is 16.3. The molecule has 2 aromatic carbocycles. The van der Waals surface area contributed by atoms with Gasteiger partial charge in [-0.2, -0.15) is 5.26 Å². The Labute approximate surface area is 203 Å². The van der Waals surface area contributed by atoms with Crippen molar-refractivity contribution in [2.24, 2.45) is 5.92 Å². The van der Waals surface area contributed by atoms with Crippen molar-refractivity contribution in [1.29, 1.82) is 5.26 Å². The molecular weight excluding hydrogens is 432 g/mol. The lowest BCUT2D eigenvalue weighted by molar-refractivity contribution is 0.284. The molecule has 7 heteroatoms. The summed E-state index contributed by atoms with van der Waals surface area (Å²) < 4.78 is 21.4. The second-order valence-electron chi connectivity index (χ2n) is 8.78. The Morgan fingerprint density at radius 3 is 2.15 bits per heavy atom. The van der Waals surface area contributed by atoms with Crippen LogP contribution in [0.2, 0.25) is 0 Å². The normalized spacial score (nSPS) is 12.8. The van der Waals surface area contributed by atoms with Crippen LogP contribution in [-0.4, -0.2) is 58.6 Å². The minimum atomic E-state index is -0.839. The third kappa shape index (κ3) is 5.87. The van der Waals surface area contributed by atoms with Gasteiger partial charge in [0.15, 0.2) is 23.0 Å². The number of ether oxygens (including phenoxy) is 4. The summed E-state index contributed by atoms with van der Waals surface area (Å²) in [6.45, 7) is 5.73. The van der Waals surface area contributed by atoms with Gasteiger partial charge in [-0.15, -0.1) is 0 Å². The summed E-state index contributed by atoms with van der Waals surface area (Å²) in [6.07, 6.45) is 2.30. The van der Waals surface area contributed by atoms with Gasteiger partial charge in [-0.1, -0.05) is 19.9 Å². The molecular formula is C27H38N2O5. The molecule has 2 rings (SSSR count). The van der Waals surface area contributed by atoms with Crippen LogP contribution in [0.3, 0.4) is 0 Å². The minimum absolute atomic E-state index is 0.00132. The zero-order chi connectivity index (χ0) is 25.3. The van der Waals surface area contributed by atoms with Crippen molar-refractivity contribution in [2.75, 3.05) is 48.6 Å². The summed E-state index contributed by atoms with van der Waals surface area (Å²) in [6, 6.07) is 12.0. The first-order valence-corrected chi connectivity index (χ1v) is 11.5. The van der Waals surface area contributed by atoms with Crippen molar-refractivity contribution in [3.05, 3.63) is 41.5 Å². The smallest absolute Gasteiger partial charge is 0.203 e. The van der Waals surface area contributed by atoms with Crippen LogP contribution in [0.1, 0.15) is 37.8 Å². The predicted octanol–water partition coefficient (Wildman–Crippen LogP) is 4.80. The van der Waals surface area contributed by atoms with Crippen molar-refractivity contribution in [1.82, 2.24) is 4.90 Å². The van der Waals surface area contributed by atoms with Crippen LogP contribution in [-0.2, 0) is 11.8 Å². The summed E-state index contributed by atoms with van der Waals surface area (Å²) >= 11 is 0. The Balaban J connectivity index is 2.08. The number of aromatic hydroxyl groups is 1. The predicted molar refractivity (Wildman–Crippen MR) is 133 cm³/mol. The van der Waals surface area contributed by atoms with Crippen LogP contribution in [0, 0.1) is 17.2 Å². The first-order valence-electron chi connectivity index (χ1n) is 11.5. The SMILES string of the molecule is COc1ccc(CCN(C)CCCC(C#N)(c2ccc(OC)c(OC)c2O)C(C)C)cc1OC. The van der Waals surface area contributed by atoms with Gasteiger partial charge in [0.05, 0.1) is 39.9 Å². The Hall–Kier alpha value is -3.11. The van der Waals surface area contributed by atoms with Crippen LogP contribution in [0.4, 0.5) is 0 Å². The number of hydrogen-bond acceptors (Lipinski definition) is 7. The number of benzene rings is 2. The van der Waals surface area contributed by atoms with E-state index >= 15 is 0 Å². The maximum atomic E-state index is 10.9. The molecule has 7 nitrogen and oxygen atoms in total. The standard InChI is InChI=1S/C27H38N2O5/c1-19(2)27(18-28,21-10-12-23(32-5)26(34-7)25(21)30)14-8-15-29(3)16-13-20-9-11-22(31-4)24(17-20)33-6/h9-12,17,19,30H,8,13-16H2,1-7H3. The highest BCUT2D eigenvalue weighted by Gasteiger charge is 2.39. The quantitative estimate of drug-likeness (QED) is 0.450. The lowest BCUT2D eigenvalue weighted by Gasteiger charge is -2.33. The molecule has 0 bridgehead atoms. The molecule has 0 heterocycles. The van der Waals surface area contributed by atoms with E-state index < -0.39 is 5.41 Å². The molecule has 0 spiro atoms. The van der Waals surface area contributed by atoms with Crippen LogP contribution in [0.25, 0.3) is 0 Å². The highest BCUT2D eigenvalue weighted by atomic mass is 16.5. The fourth-order valence-corrected chi connectivity index (χ4v) is 4.35. The number of methoxy groups -OCH3 is 4. The number of hydrogen-bond donors (Lipinski definition) is 1. The number of nitriles is 1. The third-order valence-electron chi connectivity index (χ3n) is 6.53. The molecule has 34 heavy (non-hydrogen) atoms. The molecule has 0 saturated carbocycles.